The van der Waals surface area contributed by atoms with Crippen molar-refractivity contribution in [2.45, 2.75) is 20.1 Å². The van der Waals surface area contributed by atoms with Gasteiger partial charge < -0.3 is 4.74 Å². The second kappa shape index (κ2) is 10.2. The fourth-order valence-corrected chi connectivity index (χ4v) is 4.62. The second-order valence-corrected chi connectivity index (χ2v) is 9.56. The fraction of sp³-hybridized carbons (Fsp3) is 0.120. The van der Waals surface area contributed by atoms with E-state index in [0.29, 0.717) is 16.2 Å². The van der Waals surface area contributed by atoms with Crippen molar-refractivity contribution in [3.05, 3.63) is 108 Å². The molecule has 0 aromatic heterocycles. The second-order valence-electron chi connectivity index (χ2n) is 7.65. The quantitative estimate of drug-likeness (QED) is 0.194. The molecule has 0 atom stereocenters. The predicted octanol–water partition coefficient (Wildman–Crippen LogP) is 6.48. The van der Waals surface area contributed by atoms with Gasteiger partial charge in [0.1, 0.15) is 12.4 Å². The first-order valence-electron chi connectivity index (χ1n) is 10.3. The molecule has 34 heavy (non-hydrogen) atoms. The number of non-ortho nitro benzene ring substituents is 1. The minimum absolute atomic E-state index is 0.00877. The Morgan fingerprint density at radius 2 is 1.82 bits per heavy atom. The maximum atomic E-state index is 13.0. The first-order valence-corrected chi connectivity index (χ1v) is 11.9. The number of aryl methyl sites for hydroxylation is 1. The number of hydrogen-bond donors (Lipinski definition) is 0. The lowest BCUT2D eigenvalue weighted by atomic mass is 10.1. The van der Waals surface area contributed by atoms with E-state index >= 15 is 0 Å². The number of carbonyl (C=O) groups is 2. The Morgan fingerprint density at radius 3 is 2.53 bits per heavy atom. The van der Waals surface area contributed by atoms with Crippen LogP contribution in [0.5, 0.6) is 5.75 Å². The van der Waals surface area contributed by atoms with Crippen LogP contribution in [0.3, 0.4) is 0 Å². The van der Waals surface area contributed by atoms with Crippen LogP contribution >= 0.6 is 27.7 Å². The third-order valence-corrected chi connectivity index (χ3v) is 6.50. The van der Waals surface area contributed by atoms with E-state index < -0.39 is 4.92 Å². The molecule has 7 nitrogen and oxygen atoms in total. The van der Waals surface area contributed by atoms with E-state index in [0.717, 1.165) is 32.9 Å². The van der Waals surface area contributed by atoms with Gasteiger partial charge in [0.05, 0.1) is 16.4 Å². The van der Waals surface area contributed by atoms with Gasteiger partial charge in [-0.25, -0.2) is 0 Å². The van der Waals surface area contributed by atoms with E-state index in [4.69, 9.17) is 4.74 Å². The zero-order chi connectivity index (χ0) is 24.2. The molecule has 0 radical (unpaired) electrons. The van der Waals surface area contributed by atoms with Crippen molar-refractivity contribution in [3.63, 3.8) is 0 Å². The molecule has 1 aliphatic rings. The number of hydrogen-bond acceptors (Lipinski definition) is 6. The third-order valence-electron chi connectivity index (χ3n) is 5.10. The molecule has 0 N–H and O–H groups in total. The highest BCUT2D eigenvalue weighted by Gasteiger charge is 2.35. The summed E-state index contributed by atoms with van der Waals surface area (Å²) in [5.41, 5.74) is 3.35. The summed E-state index contributed by atoms with van der Waals surface area (Å²) in [6.45, 7) is 2.36. The summed E-state index contributed by atoms with van der Waals surface area (Å²) >= 11 is 4.33. The Balaban J connectivity index is 1.53. The Labute approximate surface area is 208 Å². The maximum absolute atomic E-state index is 13.0. The van der Waals surface area contributed by atoms with Crippen LogP contribution in [0.2, 0.25) is 0 Å². The average Bonchev–Trinajstić information content (AvgIpc) is 3.06. The van der Waals surface area contributed by atoms with Crippen LogP contribution in [-0.4, -0.2) is 21.0 Å². The summed E-state index contributed by atoms with van der Waals surface area (Å²) in [4.78, 5) is 37.5. The molecule has 1 fully saturated rings. The number of nitro benzene ring substituents is 1. The van der Waals surface area contributed by atoms with E-state index in [2.05, 4.69) is 15.9 Å². The van der Waals surface area contributed by atoms with Crippen LogP contribution in [-0.2, 0) is 17.9 Å². The summed E-state index contributed by atoms with van der Waals surface area (Å²) in [5.74, 6) is 0.171. The van der Waals surface area contributed by atoms with Crippen molar-refractivity contribution >= 4 is 50.6 Å². The monoisotopic (exact) mass is 538 g/mol. The minimum atomic E-state index is -0.455. The minimum Gasteiger partial charge on any atom is -0.488 e. The van der Waals surface area contributed by atoms with Crippen LogP contribution in [0.25, 0.3) is 6.08 Å². The Hall–Kier alpha value is -3.43. The van der Waals surface area contributed by atoms with E-state index in [1.807, 2.05) is 37.3 Å². The summed E-state index contributed by atoms with van der Waals surface area (Å²) in [5, 5.41) is 10.5. The van der Waals surface area contributed by atoms with Crippen molar-refractivity contribution in [2.75, 3.05) is 0 Å². The lowest BCUT2D eigenvalue weighted by molar-refractivity contribution is -0.384. The molecule has 4 rings (SSSR count). The largest absolute Gasteiger partial charge is 0.488 e. The lowest BCUT2D eigenvalue weighted by Gasteiger charge is -2.13. The number of ether oxygens (including phenoxy) is 1. The van der Waals surface area contributed by atoms with Crippen LogP contribution in [0.15, 0.2) is 76.1 Å². The van der Waals surface area contributed by atoms with Crippen LogP contribution < -0.4 is 4.74 Å². The number of amides is 2. The molecule has 0 bridgehead atoms. The van der Waals surface area contributed by atoms with E-state index in [1.165, 1.54) is 17.0 Å². The number of benzene rings is 3. The smallest absolute Gasteiger partial charge is 0.293 e. The van der Waals surface area contributed by atoms with E-state index in [1.54, 1.807) is 30.3 Å². The van der Waals surface area contributed by atoms with Crippen molar-refractivity contribution in [1.29, 1.82) is 0 Å². The summed E-state index contributed by atoms with van der Waals surface area (Å²) in [7, 11) is 0. The Morgan fingerprint density at radius 1 is 1.06 bits per heavy atom. The number of halogens is 1. The maximum Gasteiger partial charge on any atom is 0.293 e. The van der Waals surface area contributed by atoms with Gasteiger partial charge >= 0.3 is 0 Å². The topological polar surface area (TPSA) is 89.8 Å². The molecule has 2 amide bonds. The molecule has 9 heteroatoms. The van der Waals surface area contributed by atoms with Gasteiger partial charge in [-0.05, 0) is 66.2 Å². The SMILES string of the molecule is Cc1cccc(CN2C(=O)S/C(=C\c3cc(Br)ccc3OCc3ccc([N+](=O)[O-])cc3)C2=O)c1. The molecule has 1 heterocycles. The first kappa shape index (κ1) is 23.7. The number of rotatable bonds is 7. The lowest BCUT2D eigenvalue weighted by Crippen LogP contribution is -2.27. The normalized spacial score (nSPS) is 14.6. The molecule has 0 aliphatic carbocycles. The summed E-state index contributed by atoms with van der Waals surface area (Å²) < 4.78 is 6.72. The Kier molecular flexibility index (Phi) is 7.14. The molecule has 3 aromatic carbocycles. The fourth-order valence-electron chi connectivity index (χ4n) is 3.41. The predicted molar refractivity (Wildman–Crippen MR) is 134 cm³/mol. The van der Waals surface area contributed by atoms with Crippen molar-refractivity contribution < 1.29 is 19.2 Å². The molecular weight excluding hydrogens is 520 g/mol. The number of nitrogens with zero attached hydrogens (tertiary/aromatic N) is 2. The van der Waals surface area contributed by atoms with Gasteiger partial charge in [0.2, 0.25) is 0 Å². The number of carbonyl (C=O) groups excluding carboxylic acids is 2. The molecule has 1 aliphatic heterocycles. The highest BCUT2D eigenvalue weighted by atomic mass is 79.9. The standard InChI is InChI=1S/C25H19BrN2O5S/c1-16-3-2-4-18(11-16)14-27-24(29)23(34-25(27)30)13-19-12-20(26)7-10-22(19)33-15-17-5-8-21(9-6-17)28(31)32/h2-13H,14-15H2,1H3/b23-13-. The highest BCUT2D eigenvalue weighted by Crippen LogP contribution is 2.36. The molecule has 0 unspecified atom stereocenters. The third kappa shape index (κ3) is 5.55. The van der Waals surface area contributed by atoms with Gasteiger partial charge in [0.15, 0.2) is 0 Å². The molecule has 0 saturated carbocycles. The number of imide groups is 1. The molecule has 0 spiro atoms. The zero-order valence-electron chi connectivity index (χ0n) is 18.1. The van der Waals surface area contributed by atoms with E-state index in [-0.39, 0.29) is 30.0 Å². The first-order chi connectivity index (χ1) is 16.3. The average molecular weight is 539 g/mol. The van der Waals surface area contributed by atoms with Gasteiger partial charge in [-0.2, -0.15) is 0 Å². The van der Waals surface area contributed by atoms with Gasteiger partial charge in [-0.15, -0.1) is 0 Å². The molecule has 3 aromatic rings. The molecule has 172 valence electrons. The van der Waals surface area contributed by atoms with Gasteiger partial charge in [-0.1, -0.05) is 45.8 Å². The van der Waals surface area contributed by atoms with Crippen molar-refractivity contribution in [1.82, 2.24) is 4.90 Å². The highest BCUT2D eigenvalue weighted by molar-refractivity contribution is 9.10. The van der Waals surface area contributed by atoms with Gasteiger partial charge in [0, 0.05) is 22.2 Å². The van der Waals surface area contributed by atoms with Crippen LogP contribution in [0, 0.1) is 17.0 Å². The number of thioether (sulfide) groups is 1. The van der Waals surface area contributed by atoms with Gasteiger partial charge in [0.25, 0.3) is 16.8 Å². The number of nitro groups is 1. The summed E-state index contributed by atoms with van der Waals surface area (Å²) in [6.07, 6.45) is 1.65. The van der Waals surface area contributed by atoms with Crippen molar-refractivity contribution in [3.8, 4) is 5.75 Å². The zero-order valence-corrected chi connectivity index (χ0v) is 20.5. The summed E-state index contributed by atoms with van der Waals surface area (Å²) in [6, 6.07) is 19.2. The van der Waals surface area contributed by atoms with Crippen molar-refractivity contribution in [2.24, 2.45) is 0 Å². The molecule has 1 saturated heterocycles. The van der Waals surface area contributed by atoms with Crippen LogP contribution in [0.4, 0.5) is 10.5 Å². The van der Waals surface area contributed by atoms with Crippen LogP contribution in [0.1, 0.15) is 22.3 Å². The van der Waals surface area contributed by atoms with E-state index in [9.17, 15) is 19.7 Å². The van der Waals surface area contributed by atoms with Gasteiger partial charge in [-0.3, -0.25) is 24.6 Å². The molecular formula is C25H19BrN2O5S. The Bertz CT molecular complexity index is 1310.